The molecule has 1 amide bonds. The molecule has 0 radical (unpaired) electrons. The molecule has 0 saturated heterocycles. The first-order valence-electron chi connectivity index (χ1n) is 6.28. The van der Waals surface area contributed by atoms with E-state index in [-0.39, 0.29) is 10.7 Å². The number of rotatable bonds is 4. The second-order valence-corrected chi connectivity index (χ2v) is 5.01. The largest absolute Gasteiger partial charge is 0.501 e. The molecule has 0 spiro atoms. The highest BCUT2D eigenvalue weighted by Gasteiger charge is 2.22. The summed E-state index contributed by atoms with van der Waals surface area (Å²) in [6, 6.07) is 5.69. The van der Waals surface area contributed by atoms with Gasteiger partial charge in [-0.1, -0.05) is 17.7 Å². The van der Waals surface area contributed by atoms with Crippen molar-refractivity contribution < 1.29 is 14.8 Å². The number of carbonyl (C=O) groups is 1. The monoisotopic (exact) mass is 321 g/mol. The normalized spacial score (nSPS) is 11.7. The van der Waals surface area contributed by atoms with Gasteiger partial charge < -0.3 is 10.4 Å². The molecule has 8 heteroatoms. The molecule has 1 atom stereocenters. The molecule has 0 aliphatic carbocycles. The van der Waals surface area contributed by atoms with E-state index in [0.29, 0.717) is 5.56 Å². The second kappa shape index (κ2) is 6.40. The molecule has 2 rings (SSSR count). The van der Waals surface area contributed by atoms with Crippen LogP contribution in [0.25, 0.3) is 0 Å². The molecule has 2 N–H and O–H groups in total. The Bertz CT molecular complexity index is 722. The minimum atomic E-state index is -0.776. The summed E-state index contributed by atoms with van der Waals surface area (Å²) in [5.41, 5.74) is -0.00668. The highest BCUT2D eigenvalue weighted by atomic mass is 35.5. The number of benzene rings is 1. The number of nitro groups is 1. The first kappa shape index (κ1) is 15.7. The summed E-state index contributed by atoms with van der Waals surface area (Å²) >= 11 is 5.77. The molecule has 0 unspecified atom stereocenters. The van der Waals surface area contributed by atoms with Crippen molar-refractivity contribution in [2.24, 2.45) is 0 Å². The Morgan fingerprint density at radius 2 is 2.23 bits per heavy atom. The van der Waals surface area contributed by atoms with Crippen molar-refractivity contribution in [3.8, 4) is 5.75 Å². The predicted octanol–water partition coefficient (Wildman–Crippen LogP) is 3.09. The van der Waals surface area contributed by atoms with E-state index in [9.17, 15) is 20.0 Å². The standard InChI is InChI=1S/C14H12ClN3O4/c1-8(9-3-2-4-16-7-9)14(20)17-11-5-10(15)6-12(13(11)19)18(21)22/h2-8,19H,1H3,(H,17,20)/t8-/m1/s1. The quantitative estimate of drug-likeness (QED) is 0.511. The van der Waals surface area contributed by atoms with E-state index in [0.717, 1.165) is 6.07 Å². The van der Waals surface area contributed by atoms with Crippen molar-refractivity contribution in [1.82, 2.24) is 4.98 Å². The van der Waals surface area contributed by atoms with Crippen molar-refractivity contribution in [1.29, 1.82) is 0 Å². The van der Waals surface area contributed by atoms with E-state index < -0.39 is 28.2 Å². The van der Waals surface area contributed by atoms with Gasteiger partial charge in [-0.05, 0) is 24.6 Å². The van der Waals surface area contributed by atoms with Crippen LogP contribution in [0.5, 0.6) is 5.75 Å². The number of aromatic hydroxyl groups is 1. The zero-order valence-electron chi connectivity index (χ0n) is 11.5. The van der Waals surface area contributed by atoms with Gasteiger partial charge in [0, 0.05) is 23.5 Å². The van der Waals surface area contributed by atoms with Crippen LogP contribution >= 0.6 is 11.6 Å². The third-order valence-electron chi connectivity index (χ3n) is 3.09. The van der Waals surface area contributed by atoms with Crippen LogP contribution in [0, 0.1) is 10.1 Å². The highest BCUT2D eigenvalue weighted by molar-refractivity contribution is 6.31. The molecule has 0 fully saturated rings. The number of nitrogens with zero attached hydrogens (tertiary/aromatic N) is 2. The molecule has 0 bridgehead atoms. The van der Waals surface area contributed by atoms with Crippen LogP contribution in [0.15, 0.2) is 36.7 Å². The maximum Gasteiger partial charge on any atom is 0.314 e. The van der Waals surface area contributed by atoms with E-state index in [1.54, 1.807) is 31.5 Å². The van der Waals surface area contributed by atoms with Gasteiger partial charge >= 0.3 is 5.69 Å². The molecule has 114 valence electrons. The molecule has 0 aliphatic rings. The lowest BCUT2D eigenvalue weighted by atomic mass is 10.0. The van der Waals surface area contributed by atoms with Gasteiger partial charge in [-0.15, -0.1) is 0 Å². The molecule has 2 aromatic rings. The van der Waals surface area contributed by atoms with Crippen molar-refractivity contribution in [2.75, 3.05) is 5.32 Å². The SMILES string of the molecule is C[C@@H](C(=O)Nc1cc(Cl)cc([N+](=O)[O-])c1O)c1cccnc1. The predicted molar refractivity (Wildman–Crippen MR) is 81.1 cm³/mol. The van der Waals surface area contributed by atoms with E-state index in [2.05, 4.69) is 10.3 Å². The summed E-state index contributed by atoms with van der Waals surface area (Å²) in [5, 5.41) is 23.2. The molecule has 1 heterocycles. The van der Waals surface area contributed by atoms with Gasteiger partial charge in [-0.3, -0.25) is 19.9 Å². The van der Waals surface area contributed by atoms with Gasteiger partial charge in [0.2, 0.25) is 11.7 Å². The maximum atomic E-state index is 12.2. The molecular formula is C14H12ClN3O4. The van der Waals surface area contributed by atoms with Crippen LogP contribution in [0.3, 0.4) is 0 Å². The minimum Gasteiger partial charge on any atom is -0.501 e. The third kappa shape index (κ3) is 3.32. The average Bonchev–Trinajstić information content (AvgIpc) is 2.50. The Kier molecular flexibility index (Phi) is 4.57. The highest BCUT2D eigenvalue weighted by Crippen LogP contribution is 2.37. The molecule has 7 nitrogen and oxygen atoms in total. The first-order valence-corrected chi connectivity index (χ1v) is 6.65. The summed E-state index contributed by atoms with van der Waals surface area (Å²) in [5.74, 6) is -1.63. The molecule has 1 aromatic heterocycles. The van der Waals surface area contributed by atoms with Gasteiger partial charge in [0.25, 0.3) is 0 Å². The lowest BCUT2D eigenvalue weighted by Crippen LogP contribution is -2.19. The zero-order chi connectivity index (χ0) is 16.3. The second-order valence-electron chi connectivity index (χ2n) is 4.58. The molecule has 1 aromatic carbocycles. The van der Waals surface area contributed by atoms with Crippen LogP contribution in [-0.4, -0.2) is 20.9 Å². The fraction of sp³-hybridized carbons (Fsp3) is 0.143. The van der Waals surface area contributed by atoms with Gasteiger partial charge in [-0.25, -0.2) is 0 Å². The summed E-state index contributed by atoms with van der Waals surface area (Å²) < 4.78 is 0. The van der Waals surface area contributed by atoms with Crippen molar-refractivity contribution in [3.05, 3.63) is 57.4 Å². The van der Waals surface area contributed by atoms with Gasteiger partial charge in [0.05, 0.1) is 16.5 Å². The van der Waals surface area contributed by atoms with Gasteiger partial charge in [-0.2, -0.15) is 0 Å². The van der Waals surface area contributed by atoms with Crippen molar-refractivity contribution in [3.63, 3.8) is 0 Å². The summed E-state index contributed by atoms with van der Waals surface area (Å²) in [6.07, 6.45) is 3.13. The van der Waals surface area contributed by atoms with E-state index in [1.165, 1.54) is 6.07 Å². The van der Waals surface area contributed by atoms with Crippen LogP contribution in [-0.2, 0) is 4.79 Å². The topological polar surface area (TPSA) is 105 Å². The molecular weight excluding hydrogens is 310 g/mol. The van der Waals surface area contributed by atoms with Gasteiger partial charge in [0.15, 0.2) is 0 Å². The van der Waals surface area contributed by atoms with Crippen LogP contribution in [0.2, 0.25) is 5.02 Å². The summed E-state index contributed by atoms with van der Waals surface area (Å²) in [6.45, 7) is 1.66. The van der Waals surface area contributed by atoms with Crippen molar-refractivity contribution in [2.45, 2.75) is 12.8 Å². The Balaban J connectivity index is 2.27. The Morgan fingerprint density at radius 1 is 1.50 bits per heavy atom. The number of amides is 1. The zero-order valence-corrected chi connectivity index (χ0v) is 12.2. The fourth-order valence-corrected chi connectivity index (χ4v) is 2.06. The number of carbonyl (C=O) groups excluding carboxylic acids is 1. The lowest BCUT2D eigenvalue weighted by molar-refractivity contribution is -0.385. The summed E-state index contributed by atoms with van der Waals surface area (Å²) in [4.78, 5) is 26.2. The summed E-state index contributed by atoms with van der Waals surface area (Å²) in [7, 11) is 0. The molecule has 0 saturated carbocycles. The van der Waals surface area contributed by atoms with Crippen LogP contribution in [0.4, 0.5) is 11.4 Å². The Labute approximate surface area is 130 Å². The number of nitrogens with one attached hydrogen (secondary N) is 1. The van der Waals surface area contributed by atoms with Crippen LogP contribution in [0.1, 0.15) is 18.4 Å². The number of aromatic nitrogens is 1. The number of pyridine rings is 1. The van der Waals surface area contributed by atoms with Crippen LogP contribution < -0.4 is 5.32 Å². The van der Waals surface area contributed by atoms with Crippen molar-refractivity contribution >= 4 is 28.9 Å². The Hall–Kier alpha value is -2.67. The average molecular weight is 322 g/mol. The number of hydrogen-bond acceptors (Lipinski definition) is 5. The van der Waals surface area contributed by atoms with Gasteiger partial charge in [0.1, 0.15) is 0 Å². The number of anilines is 1. The fourth-order valence-electron chi connectivity index (χ4n) is 1.84. The smallest absolute Gasteiger partial charge is 0.314 e. The maximum absolute atomic E-state index is 12.2. The molecule has 22 heavy (non-hydrogen) atoms. The van der Waals surface area contributed by atoms with E-state index in [4.69, 9.17) is 11.6 Å². The lowest BCUT2D eigenvalue weighted by Gasteiger charge is -2.13. The number of halogens is 1. The number of hydrogen-bond donors (Lipinski definition) is 2. The number of phenolic OH excluding ortho intramolecular Hbond substituents is 1. The minimum absolute atomic E-state index is 0.0360. The molecule has 0 aliphatic heterocycles. The Morgan fingerprint density at radius 3 is 2.82 bits per heavy atom. The van der Waals surface area contributed by atoms with E-state index >= 15 is 0 Å². The number of phenols is 1. The third-order valence-corrected chi connectivity index (χ3v) is 3.31. The first-order chi connectivity index (χ1) is 10.4. The van der Waals surface area contributed by atoms with E-state index in [1.807, 2.05) is 0 Å². The number of nitro benzene ring substituents is 1.